The lowest BCUT2D eigenvalue weighted by atomic mass is 9.99. The van der Waals surface area contributed by atoms with Gasteiger partial charge < -0.3 is 9.47 Å². The molecule has 8 aromatic carbocycles. The van der Waals surface area contributed by atoms with E-state index in [-0.39, 0.29) is 0 Å². The van der Waals surface area contributed by atoms with Crippen LogP contribution in [0.2, 0.25) is 0 Å². The van der Waals surface area contributed by atoms with Gasteiger partial charge in [-0.2, -0.15) is 0 Å². The van der Waals surface area contributed by atoms with Crippen molar-refractivity contribution in [2.75, 3.05) is 4.90 Å². The van der Waals surface area contributed by atoms with Crippen LogP contribution in [0.15, 0.2) is 206 Å². The molecule has 9 rings (SSSR count). The van der Waals surface area contributed by atoms with Crippen LogP contribution in [0.3, 0.4) is 0 Å². The fourth-order valence-electron chi connectivity index (χ4n) is 7.22. The Bertz CT molecular complexity index is 2570. The first kappa shape index (κ1) is 29.5. The first-order valence-electron chi connectivity index (χ1n) is 17.1. The van der Waals surface area contributed by atoms with E-state index in [1.807, 2.05) is 0 Å². The highest BCUT2D eigenvalue weighted by atomic mass is 15.1. The standard InChI is InChI=1S/C48H34N2/c1-4-15-35(16-5-1)38-19-14-22-42(33-38)49(46-25-12-10-23-43(46)37-17-6-2-7-18-37)41-30-27-36(28-31-41)39-29-32-48-45(34-39)44-24-11-13-26-47(44)50(48)40-20-8-3-9-21-40/h1-34H. The summed E-state index contributed by atoms with van der Waals surface area (Å²) < 4.78 is 2.36. The summed E-state index contributed by atoms with van der Waals surface area (Å²) in [5, 5.41) is 2.51. The van der Waals surface area contributed by atoms with E-state index in [0.29, 0.717) is 0 Å². The molecule has 2 heteroatoms. The second-order valence-corrected chi connectivity index (χ2v) is 12.6. The molecule has 0 amide bonds. The zero-order valence-electron chi connectivity index (χ0n) is 27.5. The van der Waals surface area contributed by atoms with Crippen molar-refractivity contribution in [2.45, 2.75) is 0 Å². The second-order valence-electron chi connectivity index (χ2n) is 12.6. The Morgan fingerprint density at radius 3 is 1.66 bits per heavy atom. The van der Waals surface area contributed by atoms with E-state index in [2.05, 4.69) is 216 Å². The number of nitrogens with zero attached hydrogens (tertiary/aromatic N) is 2. The summed E-state index contributed by atoms with van der Waals surface area (Å²) >= 11 is 0. The minimum Gasteiger partial charge on any atom is -0.310 e. The maximum absolute atomic E-state index is 2.38. The number of para-hydroxylation sites is 3. The molecule has 0 N–H and O–H groups in total. The van der Waals surface area contributed by atoms with Crippen LogP contribution < -0.4 is 4.90 Å². The molecule has 0 fully saturated rings. The minimum absolute atomic E-state index is 1.10. The van der Waals surface area contributed by atoms with Gasteiger partial charge in [0.15, 0.2) is 0 Å². The van der Waals surface area contributed by atoms with Crippen molar-refractivity contribution in [2.24, 2.45) is 0 Å². The Hall–Kier alpha value is -6.64. The maximum Gasteiger partial charge on any atom is 0.0541 e. The number of rotatable bonds is 7. The lowest BCUT2D eigenvalue weighted by molar-refractivity contribution is 1.18. The van der Waals surface area contributed by atoms with Gasteiger partial charge in [-0.1, -0.05) is 146 Å². The van der Waals surface area contributed by atoms with E-state index in [1.54, 1.807) is 0 Å². The Morgan fingerprint density at radius 2 is 0.880 bits per heavy atom. The molecule has 2 nitrogen and oxygen atoms in total. The highest BCUT2D eigenvalue weighted by molar-refractivity contribution is 6.10. The van der Waals surface area contributed by atoms with Crippen LogP contribution in [-0.2, 0) is 0 Å². The molecule has 0 aliphatic rings. The summed E-state index contributed by atoms with van der Waals surface area (Å²) in [6, 6.07) is 74.0. The number of anilines is 3. The number of aromatic nitrogens is 1. The topological polar surface area (TPSA) is 8.17 Å². The average molecular weight is 639 g/mol. The maximum atomic E-state index is 2.38. The summed E-state index contributed by atoms with van der Waals surface area (Å²) in [4.78, 5) is 2.38. The molecule has 0 unspecified atom stereocenters. The van der Waals surface area contributed by atoms with Crippen molar-refractivity contribution in [1.29, 1.82) is 0 Å². The molecule has 0 saturated carbocycles. The van der Waals surface area contributed by atoms with Crippen LogP contribution in [0.4, 0.5) is 17.1 Å². The summed E-state index contributed by atoms with van der Waals surface area (Å²) in [5.74, 6) is 0. The fourth-order valence-corrected chi connectivity index (χ4v) is 7.22. The molecule has 50 heavy (non-hydrogen) atoms. The molecule has 0 bridgehead atoms. The number of hydrogen-bond acceptors (Lipinski definition) is 1. The van der Waals surface area contributed by atoms with Crippen molar-refractivity contribution >= 4 is 38.9 Å². The average Bonchev–Trinajstić information content (AvgIpc) is 3.53. The third kappa shape index (κ3) is 5.34. The quantitative estimate of drug-likeness (QED) is 0.169. The van der Waals surface area contributed by atoms with Gasteiger partial charge in [0.05, 0.1) is 16.7 Å². The van der Waals surface area contributed by atoms with E-state index < -0.39 is 0 Å². The molecule has 0 atom stereocenters. The van der Waals surface area contributed by atoms with Gasteiger partial charge in [-0.05, 0) is 88.5 Å². The first-order chi connectivity index (χ1) is 24.8. The van der Waals surface area contributed by atoms with Crippen LogP contribution in [0.1, 0.15) is 0 Å². The predicted octanol–water partition coefficient (Wildman–Crippen LogP) is 13.3. The highest BCUT2D eigenvalue weighted by Gasteiger charge is 2.18. The largest absolute Gasteiger partial charge is 0.310 e. The molecule has 0 saturated heterocycles. The third-order valence-electron chi connectivity index (χ3n) is 9.59. The summed E-state index contributed by atoms with van der Waals surface area (Å²) in [7, 11) is 0. The van der Waals surface area contributed by atoms with Gasteiger partial charge in [0.25, 0.3) is 0 Å². The number of hydrogen-bond donors (Lipinski definition) is 0. The molecule has 0 spiro atoms. The lowest BCUT2D eigenvalue weighted by Gasteiger charge is -2.28. The zero-order chi connectivity index (χ0) is 33.3. The van der Waals surface area contributed by atoms with Crippen LogP contribution in [0.5, 0.6) is 0 Å². The van der Waals surface area contributed by atoms with Crippen LogP contribution >= 0.6 is 0 Å². The van der Waals surface area contributed by atoms with E-state index in [4.69, 9.17) is 0 Å². The van der Waals surface area contributed by atoms with Gasteiger partial charge in [0.2, 0.25) is 0 Å². The molecule has 236 valence electrons. The third-order valence-corrected chi connectivity index (χ3v) is 9.59. The van der Waals surface area contributed by atoms with Crippen LogP contribution in [0.25, 0.3) is 60.9 Å². The van der Waals surface area contributed by atoms with E-state index in [1.165, 1.54) is 60.9 Å². The van der Waals surface area contributed by atoms with Crippen molar-refractivity contribution in [1.82, 2.24) is 4.57 Å². The summed E-state index contributed by atoms with van der Waals surface area (Å²) in [6.45, 7) is 0. The number of fused-ring (bicyclic) bond motifs is 3. The minimum atomic E-state index is 1.10. The normalized spacial score (nSPS) is 11.2. The van der Waals surface area contributed by atoms with Crippen LogP contribution in [-0.4, -0.2) is 4.57 Å². The van der Waals surface area contributed by atoms with Crippen molar-refractivity contribution in [3.8, 4) is 39.1 Å². The van der Waals surface area contributed by atoms with E-state index >= 15 is 0 Å². The lowest BCUT2D eigenvalue weighted by Crippen LogP contribution is -2.11. The Labute approximate surface area is 292 Å². The van der Waals surface area contributed by atoms with Gasteiger partial charge in [0, 0.05) is 33.4 Å². The van der Waals surface area contributed by atoms with E-state index in [9.17, 15) is 0 Å². The van der Waals surface area contributed by atoms with E-state index in [0.717, 1.165) is 17.1 Å². The van der Waals surface area contributed by atoms with Crippen LogP contribution in [0, 0.1) is 0 Å². The Kier molecular flexibility index (Phi) is 7.53. The van der Waals surface area contributed by atoms with Crippen molar-refractivity contribution in [3.63, 3.8) is 0 Å². The molecule has 0 aliphatic heterocycles. The molecule has 1 heterocycles. The highest BCUT2D eigenvalue weighted by Crippen LogP contribution is 2.42. The van der Waals surface area contributed by atoms with Gasteiger partial charge in [-0.3, -0.25) is 0 Å². The van der Waals surface area contributed by atoms with Gasteiger partial charge in [-0.25, -0.2) is 0 Å². The van der Waals surface area contributed by atoms with Crippen molar-refractivity contribution in [3.05, 3.63) is 206 Å². The molecule has 0 radical (unpaired) electrons. The molecular weight excluding hydrogens is 605 g/mol. The SMILES string of the molecule is c1ccc(-c2cccc(N(c3ccc(-c4ccc5c(c4)c4ccccc4n5-c4ccccc4)cc3)c3ccccc3-c3ccccc3)c2)cc1. The molecule has 1 aromatic heterocycles. The van der Waals surface area contributed by atoms with Gasteiger partial charge >= 0.3 is 0 Å². The smallest absolute Gasteiger partial charge is 0.0541 e. The predicted molar refractivity (Wildman–Crippen MR) is 212 cm³/mol. The number of benzene rings is 8. The Morgan fingerprint density at radius 1 is 0.320 bits per heavy atom. The monoisotopic (exact) mass is 638 g/mol. The molecule has 9 aromatic rings. The summed E-state index contributed by atoms with van der Waals surface area (Å²) in [6.07, 6.45) is 0. The Balaban J connectivity index is 1.16. The molecular formula is C48H34N2. The van der Waals surface area contributed by atoms with Crippen molar-refractivity contribution < 1.29 is 0 Å². The fraction of sp³-hybridized carbons (Fsp3) is 0. The summed E-state index contributed by atoms with van der Waals surface area (Å²) in [5.41, 5.74) is 14.1. The molecule has 0 aliphatic carbocycles. The van der Waals surface area contributed by atoms with Gasteiger partial charge in [0.1, 0.15) is 0 Å². The van der Waals surface area contributed by atoms with Gasteiger partial charge in [-0.15, -0.1) is 0 Å². The zero-order valence-corrected chi connectivity index (χ0v) is 27.5. The first-order valence-corrected chi connectivity index (χ1v) is 17.1. The second kappa shape index (κ2) is 12.8.